The van der Waals surface area contributed by atoms with Gasteiger partial charge < -0.3 is 14.6 Å². The van der Waals surface area contributed by atoms with Crippen molar-refractivity contribution in [3.63, 3.8) is 0 Å². The highest BCUT2D eigenvalue weighted by molar-refractivity contribution is 6.58. The van der Waals surface area contributed by atoms with Gasteiger partial charge in [-0.25, -0.2) is 15.0 Å². The first-order valence-corrected chi connectivity index (χ1v) is 14.9. The van der Waals surface area contributed by atoms with Crippen molar-refractivity contribution < 1.29 is 14.6 Å². The summed E-state index contributed by atoms with van der Waals surface area (Å²) in [6, 6.07) is 4.81. The number of carbonyl (C=O) groups is 1. The van der Waals surface area contributed by atoms with Gasteiger partial charge in [0.1, 0.15) is 23.3 Å². The van der Waals surface area contributed by atoms with Crippen LogP contribution in [0.2, 0.25) is 0 Å². The van der Waals surface area contributed by atoms with Gasteiger partial charge in [0.05, 0.1) is 5.56 Å². The molecule has 1 aromatic heterocycles. The van der Waals surface area contributed by atoms with E-state index in [0.29, 0.717) is 28.8 Å². The smallest absolute Gasteiger partial charge is 0.173 e. The number of aromatic nitrogens is 3. The van der Waals surface area contributed by atoms with Crippen LogP contribution in [-0.2, 0) is 4.79 Å². The molecule has 1 unspecified atom stereocenters. The fourth-order valence-electron chi connectivity index (χ4n) is 5.43. The van der Waals surface area contributed by atoms with Gasteiger partial charge in [-0.2, -0.15) is 0 Å². The highest BCUT2D eigenvalue weighted by Crippen LogP contribution is 2.38. The van der Waals surface area contributed by atoms with Crippen molar-refractivity contribution in [2.24, 2.45) is 0 Å². The molecule has 0 aliphatic rings. The van der Waals surface area contributed by atoms with Crippen molar-refractivity contribution in [3.05, 3.63) is 73.8 Å². The number of hydrogen-bond acceptors (Lipinski definition) is 6. The molecule has 224 valence electrons. The summed E-state index contributed by atoms with van der Waals surface area (Å²) in [5.74, 6) is 1.71. The predicted molar refractivity (Wildman–Crippen MR) is 177 cm³/mol. The second kappa shape index (κ2) is 13.1. The van der Waals surface area contributed by atoms with E-state index in [0.717, 1.165) is 33.4 Å². The van der Waals surface area contributed by atoms with E-state index in [4.69, 9.17) is 27.5 Å². The van der Waals surface area contributed by atoms with Gasteiger partial charge in [-0.1, -0.05) is 13.8 Å². The Bertz CT molecular complexity index is 1580. The van der Waals surface area contributed by atoms with Crippen LogP contribution in [0.25, 0.3) is 34.2 Å². The lowest BCUT2D eigenvalue weighted by Crippen LogP contribution is -2.23. The summed E-state index contributed by atoms with van der Waals surface area (Å²) in [4.78, 5) is 26.4. The predicted octanol–water partition coefficient (Wildman–Crippen LogP) is 8.15. The van der Waals surface area contributed by atoms with Crippen molar-refractivity contribution in [1.82, 2.24) is 15.0 Å². The zero-order valence-corrected chi connectivity index (χ0v) is 28.0. The maximum Gasteiger partial charge on any atom is 0.173 e. The third kappa shape index (κ3) is 6.22. The van der Waals surface area contributed by atoms with E-state index in [1.807, 2.05) is 13.8 Å². The third-order valence-corrected chi connectivity index (χ3v) is 9.01. The van der Waals surface area contributed by atoms with Gasteiger partial charge >= 0.3 is 0 Å². The number of ether oxygens (including phenoxy) is 1. The van der Waals surface area contributed by atoms with Crippen LogP contribution in [0.1, 0.15) is 76.4 Å². The van der Waals surface area contributed by atoms with E-state index in [1.54, 1.807) is 19.1 Å². The van der Waals surface area contributed by atoms with Gasteiger partial charge in [-0.05, 0) is 144 Å². The number of phenolic OH excluding ortho intramolecular Hbond substituents is 1. The normalized spacial score (nSPS) is 11.6. The van der Waals surface area contributed by atoms with Crippen molar-refractivity contribution in [1.29, 1.82) is 0 Å². The zero-order chi connectivity index (χ0) is 32.5. The number of rotatable bonds is 6. The Morgan fingerprint density at radius 1 is 0.651 bits per heavy atom. The van der Waals surface area contributed by atoms with Crippen LogP contribution in [0.15, 0.2) is 18.2 Å². The van der Waals surface area contributed by atoms with Crippen LogP contribution in [0, 0.1) is 69.2 Å². The lowest BCUT2D eigenvalue weighted by molar-refractivity contribution is -0.117. The van der Waals surface area contributed by atoms with E-state index >= 15 is 0 Å². The molecule has 2 radical (unpaired) electrons. The SMILES string of the molecule is CC.[B]C(=O)C(C)Oc1ccc(-c2nc(-c3c(C)c(C)c(C)c(C)c3C)nc(-c3c(C)c(C)c(C)c(C)c3C)n2)c(O)c1. The summed E-state index contributed by atoms with van der Waals surface area (Å²) >= 11 is 0. The van der Waals surface area contributed by atoms with E-state index in [2.05, 4.69) is 69.2 Å². The Labute approximate surface area is 258 Å². The number of hydrogen-bond donors (Lipinski definition) is 1. The van der Waals surface area contributed by atoms with Gasteiger partial charge in [0.2, 0.25) is 0 Å². The van der Waals surface area contributed by atoms with E-state index in [1.165, 1.54) is 39.4 Å². The van der Waals surface area contributed by atoms with Crippen molar-refractivity contribution >= 4 is 13.5 Å². The summed E-state index contributed by atoms with van der Waals surface area (Å²) in [6.45, 7) is 26.8. The van der Waals surface area contributed by atoms with Crippen LogP contribution in [0.5, 0.6) is 11.5 Å². The van der Waals surface area contributed by atoms with Crippen molar-refractivity contribution in [2.75, 3.05) is 0 Å². The molecule has 0 amide bonds. The van der Waals surface area contributed by atoms with Crippen molar-refractivity contribution in [3.8, 4) is 45.7 Å². The summed E-state index contributed by atoms with van der Waals surface area (Å²) in [7, 11) is 5.34. The quantitative estimate of drug-likeness (QED) is 0.233. The van der Waals surface area contributed by atoms with Gasteiger partial charge in [-0.3, -0.25) is 0 Å². The molecule has 0 saturated heterocycles. The molecule has 0 aliphatic heterocycles. The number of benzene rings is 3. The minimum atomic E-state index is -0.839. The number of aromatic hydroxyl groups is 1. The maximum atomic E-state index is 11.5. The molecular weight excluding hydrogens is 533 g/mol. The average molecular weight is 578 g/mol. The molecule has 1 atom stereocenters. The molecule has 6 nitrogen and oxygen atoms in total. The van der Waals surface area contributed by atoms with E-state index in [-0.39, 0.29) is 5.75 Å². The summed E-state index contributed by atoms with van der Waals surface area (Å²) < 4.78 is 5.58. The van der Waals surface area contributed by atoms with Crippen LogP contribution >= 0.6 is 0 Å². The topological polar surface area (TPSA) is 85.2 Å². The molecule has 1 N–H and O–H groups in total. The molecule has 7 heteroatoms. The zero-order valence-electron chi connectivity index (χ0n) is 28.0. The second-order valence-corrected chi connectivity index (χ2v) is 11.1. The Morgan fingerprint density at radius 3 is 1.35 bits per heavy atom. The molecule has 3 aromatic carbocycles. The van der Waals surface area contributed by atoms with Crippen LogP contribution in [0.3, 0.4) is 0 Å². The molecular formula is C36H44BN3O3. The molecule has 4 rings (SSSR count). The fraction of sp³-hybridized carbons (Fsp3) is 0.389. The first-order chi connectivity index (χ1) is 20.1. The molecule has 0 fully saturated rings. The second-order valence-electron chi connectivity index (χ2n) is 11.1. The van der Waals surface area contributed by atoms with E-state index < -0.39 is 11.8 Å². The van der Waals surface area contributed by atoms with Gasteiger partial charge in [0.25, 0.3) is 0 Å². The minimum Gasteiger partial charge on any atom is -0.507 e. The van der Waals surface area contributed by atoms with E-state index in [9.17, 15) is 9.90 Å². The summed E-state index contributed by atoms with van der Waals surface area (Å²) in [5, 5.41) is 11.1. The molecule has 0 aliphatic carbocycles. The van der Waals surface area contributed by atoms with Gasteiger partial charge in [-0.15, -0.1) is 0 Å². The molecule has 4 aromatic rings. The lowest BCUT2D eigenvalue weighted by atomic mass is 9.88. The highest BCUT2D eigenvalue weighted by atomic mass is 16.5. The average Bonchev–Trinajstić information content (AvgIpc) is 2.98. The third-order valence-electron chi connectivity index (χ3n) is 9.01. The Morgan fingerprint density at radius 2 is 1.00 bits per heavy atom. The van der Waals surface area contributed by atoms with Crippen LogP contribution < -0.4 is 4.74 Å². The Kier molecular flexibility index (Phi) is 10.2. The molecule has 43 heavy (non-hydrogen) atoms. The molecule has 0 bridgehead atoms. The Balaban J connectivity index is 0.00000248. The highest BCUT2D eigenvalue weighted by Gasteiger charge is 2.23. The monoisotopic (exact) mass is 577 g/mol. The van der Waals surface area contributed by atoms with Crippen molar-refractivity contribution in [2.45, 2.75) is 96.1 Å². The maximum absolute atomic E-state index is 11.5. The summed E-state index contributed by atoms with van der Waals surface area (Å²) in [5.41, 5.74) is 13.6. The van der Waals surface area contributed by atoms with Crippen LogP contribution in [0.4, 0.5) is 0 Å². The largest absolute Gasteiger partial charge is 0.507 e. The molecule has 0 spiro atoms. The first kappa shape index (κ1) is 33.5. The lowest BCUT2D eigenvalue weighted by Gasteiger charge is -2.21. The summed E-state index contributed by atoms with van der Waals surface area (Å²) in [6.07, 6.45) is -0.839. The molecule has 1 heterocycles. The first-order valence-electron chi connectivity index (χ1n) is 14.9. The Hall–Kier alpha value is -4.00. The van der Waals surface area contributed by atoms with Gasteiger partial charge in [0, 0.05) is 17.2 Å². The molecule has 0 saturated carbocycles. The number of carbonyl (C=O) groups excluding carboxylic acids is 1. The minimum absolute atomic E-state index is 0.0725. The fourth-order valence-corrected chi connectivity index (χ4v) is 5.43. The standard InChI is InChI=1S/C34H38BN3O3.C2H6/c1-15-17(3)21(7)29(22(8)18(15)4)33-36-32(27-13-12-26(14-28(27)39)41-25(11)31(35)40)37-34(38-33)30-23(9)19(5)16(2)20(6)24(30)10;1-2/h12-14,25,39H,1-11H3;1-2H3. The number of nitrogens with zero attached hydrogens (tertiary/aromatic N) is 3. The van der Waals surface area contributed by atoms with Gasteiger partial charge in [0.15, 0.2) is 25.3 Å². The number of phenols is 1. The van der Waals surface area contributed by atoms with Crippen LogP contribution in [-0.4, -0.2) is 39.7 Å².